The first-order chi connectivity index (χ1) is 16.1. The van der Waals surface area contributed by atoms with Gasteiger partial charge in [-0.2, -0.15) is 0 Å². The molecule has 33 heavy (non-hydrogen) atoms. The van der Waals surface area contributed by atoms with Crippen molar-refractivity contribution in [2.45, 2.75) is 45.4 Å². The van der Waals surface area contributed by atoms with Crippen LogP contribution in [-0.2, 0) is 0 Å². The summed E-state index contributed by atoms with van der Waals surface area (Å²) >= 11 is 0. The van der Waals surface area contributed by atoms with E-state index in [1.165, 1.54) is 18.6 Å². The number of anilines is 1. The van der Waals surface area contributed by atoms with E-state index in [-0.39, 0.29) is 5.82 Å². The number of piperidine rings is 2. The van der Waals surface area contributed by atoms with Crippen LogP contribution in [0.25, 0.3) is 22.4 Å². The molecular weight excluding hydrogens is 415 g/mol. The zero-order valence-electron chi connectivity index (χ0n) is 19.4. The Labute approximate surface area is 194 Å². The molecule has 2 aliphatic heterocycles. The summed E-state index contributed by atoms with van der Waals surface area (Å²) in [5.74, 6) is 2.42. The highest BCUT2D eigenvalue weighted by atomic mass is 19.1. The van der Waals surface area contributed by atoms with Gasteiger partial charge in [-0.3, -0.25) is 0 Å². The second-order valence-electron chi connectivity index (χ2n) is 9.38. The molecule has 172 valence electrons. The Hall–Kier alpha value is -2.93. The molecule has 1 unspecified atom stereocenters. The van der Waals surface area contributed by atoms with Crippen molar-refractivity contribution in [3.8, 4) is 22.4 Å². The van der Waals surface area contributed by atoms with Crippen LogP contribution >= 0.6 is 0 Å². The summed E-state index contributed by atoms with van der Waals surface area (Å²) in [7, 11) is 0. The Bertz CT molecular complexity index is 1110. The molecule has 0 radical (unpaired) electrons. The second-order valence-corrected chi connectivity index (χ2v) is 9.38. The summed E-state index contributed by atoms with van der Waals surface area (Å²) in [5, 5.41) is 3.40. The van der Waals surface area contributed by atoms with Crippen molar-refractivity contribution in [3.63, 3.8) is 0 Å². The van der Waals surface area contributed by atoms with Crippen LogP contribution in [0.2, 0.25) is 0 Å². The maximum absolute atomic E-state index is 13.6. The molecule has 4 heterocycles. The van der Waals surface area contributed by atoms with Crippen LogP contribution in [0.1, 0.15) is 50.0 Å². The van der Waals surface area contributed by atoms with Crippen molar-refractivity contribution in [2.75, 3.05) is 31.1 Å². The first-order valence-corrected chi connectivity index (χ1v) is 12.0. The van der Waals surface area contributed by atoms with Gasteiger partial charge in [0, 0.05) is 42.5 Å². The van der Waals surface area contributed by atoms with E-state index in [1.54, 1.807) is 12.1 Å². The summed E-state index contributed by atoms with van der Waals surface area (Å²) in [5.41, 5.74) is 4.37. The Morgan fingerprint density at radius 3 is 2.45 bits per heavy atom. The number of hydrogen-bond donors (Lipinski definition) is 1. The molecular formula is C26H31FN6. The highest BCUT2D eigenvalue weighted by molar-refractivity contribution is 5.81. The predicted octanol–water partition coefficient (Wildman–Crippen LogP) is 4.75. The van der Waals surface area contributed by atoms with Crippen molar-refractivity contribution < 1.29 is 4.39 Å². The number of benzene rings is 1. The van der Waals surface area contributed by atoms with Gasteiger partial charge >= 0.3 is 0 Å². The minimum Gasteiger partial charge on any atom is -0.341 e. The molecule has 0 spiro atoms. The van der Waals surface area contributed by atoms with E-state index in [9.17, 15) is 4.39 Å². The van der Waals surface area contributed by atoms with E-state index in [1.807, 2.05) is 19.3 Å². The van der Waals surface area contributed by atoms with Gasteiger partial charge in [0.25, 0.3) is 0 Å². The summed E-state index contributed by atoms with van der Waals surface area (Å²) in [6.07, 6.45) is 8.28. The number of nitrogens with one attached hydrogen (secondary N) is 1. The molecule has 5 rings (SSSR count). The number of aryl methyl sites for hydroxylation is 1. The van der Waals surface area contributed by atoms with Gasteiger partial charge in [-0.25, -0.2) is 24.3 Å². The fraction of sp³-hybridized carbons (Fsp3) is 0.462. The normalized spacial score (nSPS) is 19.6. The molecule has 2 aliphatic rings. The van der Waals surface area contributed by atoms with Crippen LogP contribution in [0.5, 0.6) is 0 Å². The lowest BCUT2D eigenvalue weighted by Gasteiger charge is -2.31. The smallest absolute Gasteiger partial charge is 0.225 e. The monoisotopic (exact) mass is 446 g/mol. The van der Waals surface area contributed by atoms with E-state index in [2.05, 4.69) is 17.1 Å². The summed E-state index contributed by atoms with van der Waals surface area (Å²) in [6.45, 7) is 8.24. The molecule has 2 fully saturated rings. The summed E-state index contributed by atoms with van der Waals surface area (Å²) in [6, 6.07) is 6.51. The maximum Gasteiger partial charge on any atom is 0.225 e. The third-order valence-electron chi connectivity index (χ3n) is 6.83. The minimum atomic E-state index is -0.258. The van der Waals surface area contributed by atoms with E-state index in [0.717, 1.165) is 85.3 Å². The lowest BCUT2D eigenvalue weighted by Crippen LogP contribution is -2.35. The molecule has 2 aromatic heterocycles. The molecule has 2 saturated heterocycles. The van der Waals surface area contributed by atoms with E-state index >= 15 is 0 Å². The highest BCUT2D eigenvalue weighted by Crippen LogP contribution is 2.34. The van der Waals surface area contributed by atoms with Gasteiger partial charge in [-0.1, -0.05) is 19.1 Å². The van der Waals surface area contributed by atoms with Crippen molar-refractivity contribution in [3.05, 3.63) is 54.0 Å². The lowest BCUT2D eigenvalue weighted by atomic mass is 9.96. The third kappa shape index (κ3) is 4.74. The lowest BCUT2D eigenvalue weighted by molar-refractivity contribution is 0.442. The van der Waals surface area contributed by atoms with Crippen LogP contribution in [0.3, 0.4) is 0 Å². The number of aromatic nitrogens is 4. The van der Waals surface area contributed by atoms with Gasteiger partial charge in [-0.15, -0.1) is 0 Å². The quantitative estimate of drug-likeness (QED) is 0.624. The maximum atomic E-state index is 13.6. The number of nitrogens with zero attached hydrogens (tertiary/aromatic N) is 5. The van der Waals surface area contributed by atoms with Crippen molar-refractivity contribution in [1.82, 2.24) is 25.3 Å². The average molecular weight is 447 g/mol. The predicted molar refractivity (Wildman–Crippen MR) is 129 cm³/mol. The Balaban J connectivity index is 1.57. The van der Waals surface area contributed by atoms with Gasteiger partial charge < -0.3 is 10.2 Å². The summed E-state index contributed by atoms with van der Waals surface area (Å²) < 4.78 is 13.6. The van der Waals surface area contributed by atoms with Crippen molar-refractivity contribution in [1.29, 1.82) is 0 Å². The molecule has 0 aliphatic carbocycles. The topological polar surface area (TPSA) is 66.8 Å². The highest BCUT2D eigenvalue weighted by Gasteiger charge is 2.23. The third-order valence-corrected chi connectivity index (χ3v) is 6.83. The first kappa shape index (κ1) is 21.9. The molecule has 7 heteroatoms. The Morgan fingerprint density at radius 2 is 1.73 bits per heavy atom. The molecule has 0 saturated carbocycles. The minimum absolute atomic E-state index is 0.258. The molecule has 0 amide bonds. The molecule has 1 N–H and O–H groups in total. The van der Waals surface area contributed by atoms with Crippen LogP contribution in [-0.4, -0.2) is 46.1 Å². The number of hydrogen-bond acceptors (Lipinski definition) is 6. The van der Waals surface area contributed by atoms with Crippen LogP contribution in [0.4, 0.5) is 10.3 Å². The second kappa shape index (κ2) is 9.51. The Kier molecular flexibility index (Phi) is 6.31. The fourth-order valence-electron chi connectivity index (χ4n) is 4.94. The molecule has 1 aromatic carbocycles. The zero-order chi connectivity index (χ0) is 22.8. The molecule has 0 bridgehead atoms. The van der Waals surface area contributed by atoms with Gasteiger partial charge in [0.15, 0.2) is 0 Å². The first-order valence-electron chi connectivity index (χ1n) is 12.0. The van der Waals surface area contributed by atoms with Gasteiger partial charge in [0.05, 0.1) is 11.4 Å². The van der Waals surface area contributed by atoms with Gasteiger partial charge in [0.2, 0.25) is 5.95 Å². The fourth-order valence-corrected chi connectivity index (χ4v) is 4.94. The molecule has 1 atom stereocenters. The standard InChI is InChI=1S/C26H31FN6/c1-17-4-3-13-33(16-17)26-30-15-23(19-5-7-21(27)8-6-19)24(32-26)22-14-29-25(31-18(22)2)20-9-11-28-12-10-20/h5-8,14-15,17,20,28H,3-4,9-13,16H2,1-2H3. The summed E-state index contributed by atoms with van der Waals surface area (Å²) in [4.78, 5) is 21.7. The van der Waals surface area contributed by atoms with Crippen LogP contribution < -0.4 is 10.2 Å². The SMILES string of the molecule is Cc1nc(C2CCNCC2)ncc1-c1nc(N2CCCC(C)C2)ncc1-c1ccc(F)cc1. The molecule has 6 nitrogen and oxygen atoms in total. The van der Waals surface area contributed by atoms with Crippen LogP contribution in [0, 0.1) is 18.7 Å². The van der Waals surface area contributed by atoms with Crippen molar-refractivity contribution in [2.24, 2.45) is 5.92 Å². The van der Waals surface area contributed by atoms with E-state index in [4.69, 9.17) is 19.9 Å². The van der Waals surface area contributed by atoms with Gasteiger partial charge in [-0.05, 0) is 69.3 Å². The zero-order valence-corrected chi connectivity index (χ0v) is 19.4. The van der Waals surface area contributed by atoms with Crippen LogP contribution in [0.15, 0.2) is 36.7 Å². The number of halogens is 1. The van der Waals surface area contributed by atoms with Gasteiger partial charge in [0.1, 0.15) is 11.6 Å². The number of rotatable bonds is 4. The average Bonchev–Trinajstić information content (AvgIpc) is 2.85. The molecule has 3 aromatic rings. The Morgan fingerprint density at radius 1 is 0.970 bits per heavy atom. The largest absolute Gasteiger partial charge is 0.341 e. The van der Waals surface area contributed by atoms with Crippen molar-refractivity contribution >= 4 is 5.95 Å². The van der Waals surface area contributed by atoms with E-state index in [0.29, 0.717) is 11.8 Å². The van der Waals surface area contributed by atoms with E-state index < -0.39 is 0 Å².